The van der Waals surface area contributed by atoms with Crippen molar-refractivity contribution in [3.8, 4) is 5.75 Å². The van der Waals surface area contributed by atoms with Gasteiger partial charge < -0.3 is 14.7 Å². The molecule has 1 fully saturated rings. The number of amides is 1. The van der Waals surface area contributed by atoms with Crippen LogP contribution < -0.4 is 0 Å². The van der Waals surface area contributed by atoms with E-state index in [1.165, 1.54) is 5.56 Å². The summed E-state index contributed by atoms with van der Waals surface area (Å²) in [4.78, 5) is 13.8. The number of hydrogen-bond donors (Lipinski definition) is 1. The molecule has 2 rings (SSSR count). The number of aryl methyl sites for hydroxylation is 2. The number of hydrogen-bond acceptors (Lipinski definition) is 3. The van der Waals surface area contributed by atoms with Crippen LogP contribution >= 0.6 is 0 Å². The SMILES string of the molecule is COCCN1C[C@H](Cc2cc(C)c(O)c(C)c2)CC1=O. The molecule has 1 heterocycles. The zero-order valence-corrected chi connectivity index (χ0v) is 12.5. The van der Waals surface area contributed by atoms with Crippen LogP contribution in [-0.4, -0.2) is 42.7 Å². The summed E-state index contributed by atoms with van der Waals surface area (Å²) in [5.74, 6) is 0.958. The molecule has 1 N–H and O–H groups in total. The lowest BCUT2D eigenvalue weighted by molar-refractivity contribution is -0.128. The minimum absolute atomic E-state index is 0.222. The van der Waals surface area contributed by atoms with Gasteiger partial charge in [-0.3, -0.25) is 4.79 Å². The Balaban J connectivity index is 1.99. The summed E-state index contributed by atoms with van der Waals surface area (Å²) in [5.41, 5.74) is 3.00. The molecule has 0 radical (unpaired) electrons. The molecule has 1 saturated heterocycles. The Hall–Kier alpha value is -1.55. The molecular weight excluding hydrogens is 254 g/mol. The molecule has 0 bridgehead atoms. The second-order valence-electron chi connectivity index (χ2n) is 5.69. The second kappa shape index (κ2) is 6.27. The van der Waals surface area contributed by atoms with Crippen LogP contribution in [-0.2, 0) is 16.0 Å². The van der Waals surface area contributed by atoms with Crippen molar-refractivity contribution in [2.24, 2.45) is 5.92 Å². The fourth-order valence-corrected chi connectivity index (χ4v) is 2.91. The van der Waals surface area contributed by atoms with E-state index in [1.54, 1.807) is 7.11 Å². The van der Waals surface area contributed by atoms with Crippen LogP contribution in [0.25, 0.3) is 0 Å². The Morgan fingerprint density at radius 1 is 1.35 bits per heavy atom. The van der Waals surface area contributed by atoms with E-state index in [-0.39, 0.29) is 5.91 Å². The first-order chi connectivity index (χ1) is 9.51. The smallest absolute Gasteiger partial charge is 0.223 e. The number of phenols is 1. The Morgan fingerprint density at radius 2 is 2.00 bits per heavy atom. The minimum Gasteiger partial charge on any atom is -0.507 e. The van der Waals surface area contributed by atoms with E-state index in [2.05, 4.69) is 0 Å². The van der Waals surface area contributed by atoms with Gasteiger partial charge in [-0.05, 0) is 42.9 Å². The zero-order chi connectivity index (χ0) is 14.7. The first-order valence-electron chi connectivity index (χ1n) is 7.07. The van der Waals surface area contributed by atoms with E-state index in [0.29, 0.717) is 31.2 Å². The zero-order valence-electron chi connectivity index (χ0n) is 12.5. The number of ether oxygens (including phenoxy) is 1. The van der Waals surface area contributed by atoms with E-state index in [1.807, 2.05) is 30.9 Å². The molecule has 1 atom stereocenters. The first-order valence-corrected chi connectivity index (χ1v) is 7.07. The maximum atomic E-state index is 11.9. The third-order valence-electron chi connectivity index (χ3n) is 3.94. The molecule has 0 saturated carbocycles. The van der Waals surface area contributed by atoms with Crippen molar-refractivity contribution in [3.63, 3.8) is 0 Å². The molecule has 110 valence electrons. The molecular formula is C16H23NO3. The third-order valence-corrected chi connectivity index (χ3v) is 3.94. The molecule has 1 aliphatic rings. The standard InChI is InChI=1S/C16H23NO3/c1-11-6-13(7-12(2)16(11)19)8-14-9-15(18)17(10-14)4-5-20-3/h6-7,14,19H,4-5,8-10H2,1-3H3/t14-/m1/s1. The van der Waals surface area contributed by atoms with Crippen LogP contribution in [0.1, 0.15) is 23.1 Å². The Labute approximate surface area is 120 Å². The highest BCUT2D eigenvalue weighted by molar-refractivity contribution is 5.78. The fourth-order valence-electron chi connectivity index (χ4n) is 2.91. The molecule has 1 aliphatic heterocycles. The Bertz CT molecular complexity index is 475. The van der Waals surface area contributed by atoms with Crippen LogP contribution in [0.15, 0.2) is 12.1 Å². The number of nitrogens with zero attached hydrogens (tertiary/aromatic N) is 1. The fraction of sp³-hybridized carbons (Fsp3) is 0.562. The molecule has 0 aliphatic carbocycles. The average molecular weight is 277 g/mol. The maximum Gasteiger partial charge on any atom is 0.223 e. The molecule has 1 aromatic carbocycles. The van der Waals surface area contributed by atoms with Crippen LogP contribution in [0.4, 0.5) is 0 Å². The van der Waals surface area contributed by atoms with Crippen LogP contribution in [0.2, 0.25) is 0 Å². The second-order valence-corrected chi connectivity index (χ2v) is 5.69. The summed E-state index contributed by atoms with van der Waals surface area (Å²) in [6.07, 6.45) is 1.50. The third kappa shape index (κ3) is 3.31. The molecule has 1 aromatic rings. The molecule has 0 unspecified atom stereocenters. The Morgan fingerprint density at radius 3 is 2.60 bits per heavy atom. The highest BCUT2D eigenvalue weighted by Crippen LogP contribution is 2.27. The minimum atomic E-state index is 0.222. The van der Waals surface area contributed by atoms with E-state index < -0.39 is 0 Å². The number of likely N-dealkylation sites (tertiary alicyclic amines) is 1. The predicted octanol–water partition coefficient (Wildman–Crippen LogP) is 2.05. The number of methoxy groups -OCH3 is 1. The van der Waals surface area contributed by atoms with E-state index in [4.69, 9.17) is 4.74 Å². The average Bonchev–Trinajstić information content (AvgIpc) is 2.73. The number of benzene rings is 1. The monoisotopic (exact) mass is 277 g/mol. The number of phenolic OH excluding ortho intramolecular Hbond substituents is 1. The Kier molecular flexibility index (Phi) is 4.65. The van der Waals surface area contributed by atoms with Crippen LogP contribution in [0.3, 0.4) is 0 Å². The van der Waals surface area contributed by atoms with Crippen molar-refractivity contribution in [1.29, 1.82) is 0 Å². The van der Waals surface area contributed by atoms with Crippen LogP contribution in [0.5, 0.6) is 5.75 Å². The number of rotatable bonds is 5. The molecule has 0 aromatic heterocycles. The van der Waals surface area contributed by atoms with Gasteiger partial charge in [-0.25, -0.2) is 0 Å². The van der Waals surface area contributed by atoms with Crippen molar-refractivity contribution in [2.75, 3.05) is 26.8 Å². The van der Waals surface area contributed by atoms with E-state index in [0.717, 1.165) is 24.1 Å². The highest BCUT2D eigenvalue weighted by Gasteiger charge is 2.29. The lowest BCUT2D eigenvalue weighted by atomic mass is 9.95. The van der Waals surface area contributed by atoms with Gasteiger partial charge in [0.25, 0.3) is 0 Å². The summed E-state index contributed by atoms with van der Waals surface area (Å²) >= 11 is 0. The van der Waals surface area contributed by atoms with Gasteiger partial charge >= 0.3 is 0 Å². The van der Waals surface area contributed by atoms with Gasteiger partial charge in [-0.1, -0.05) is 12.1 Å². The van der Waals surface area contributed by atoms with Gasteiger partial charge in [-0.15, -0.1) is 0 Å². The summed E-state index contributed by atoms with van der Waals surface area (Å²) in [5, 5.41) is 9.80. The topological polar surface area (TPSA) is 49.8 Å². The first kappa shape index (κ1) is 14.9. The quantitative estimate of drug-likeness (QED) is 0.896. The van der Waals surface area contributed by atoms with Gasteiger partial charge in [0.05, 0.1) is 6.61 Å². The van der Waals surface area contributed by atoms with Crippen molar-refractivity contribution in [1.82, 2.24) is 4.90 Å². The van der Waals surface area contributed by atoms with E-state index >= 15 is 0 Å². The van der Waals surface area contributed by atoms with Crippen LogP contribution in [0, 0.1) is 19.8 Å². The van der Waals surface area contributed by atoms with Gasteiger partial charge in [-0.2, -0.15) is 0 Å². The van der Waals surface area contributed by atoms with Crippen molar-refractivity contribution in [3.05, 3.63) is 28.8 Å². The van der Waals surface area contributed by atoms with Gasteiger partial charge in [0.15, 0.2) is 0 Å². The molecule has 20 heavy (non-hydrogen) atoms. The lowest BCUT2D eigenvalue weighted by Gasteiger charge is -2.16. The summed E-state index contributed by atoms with van der Waals surface area (Å²) in [7, 11) is 1.65. The number of carbonyl (C=O) groups excluding carboxylic acids is 1. The summed E-state index contributed by atoms with van der Waals surface area (Å²) in [6, 6.07) is 4.04. The van der Waals surface area contributed by atoms with Crippen molar-refractivity contribution in [2.45, 2.75) is 26.7 Å². The maximum absolute atomic E-state index is 11.9. The van der Waals surface area contributed by atoms with Crippen molar-refractivity contribution < 1.29 is 14.6 Å². The molecule has 0 spiro atoms. The normalized spacial score (nSPS) is 18.9. The number of aromatic hydroxyl groups is 1. The highest BCUT2D eigenvalue weighted by atomic mass is 16.5. The molecule has 4 heteroatoms. The molecule has 1 amide bonds. The largest absolute Gasteiger partial charge is 0.507 e. The lowest BCUT2D eigenvalue weighted by Crippen LogP contribution is -2.28. The molecule has 4 nitrogen and oxygen atoms in total. The summed E-state index contributed by atoms with van der Waals surface area (Å²) < 4.78 is 5.03. The van der Waals surface area contributed by atoms with Gasteiger partial charge in [0.2, 0.25) is 5.91 Å². The predicted molar refractivity (Wildman–Crippen MR) is 77.8 cm³/mol. The number of carbonyl (C=O) groups is 1. The van der Waals surface area contributed by atoms with E-state index in [9.17, 15) is 9.90 Å². The van der Waals surface area contributed by atoms with Crippen molar-refractivity contribution >= 4 is 5.91 Å². The van der Waals surface area contributed by atoms with Gasteiger partial charge in [0, 0.05) is 26.6 Å². The van der Waals surface area contributed by atoms with Gasteiger partial charge in [0.1, 0.15) is 5.75 Å². The summed E-state index contributed by atoms with van der Waals surface area (Å²) in [6.45, 7) is 5.91.